The van der Waals surface area contributed by atoms with Gasteiger partial charge in [-0.3, -0.25) is 19.3 Å². The molecule has 3 aromatic rings. The number of thioether (sulfide) groups is 1. The molecule has 0 bridgehead atoms. The van der Waals surface area contributed by atoms with Gasteiger partial charge in [0, 0.05) is 31.9 Å². The van der Waals surface area contributed by atoms with Gasteiger partial charge in [-0.05, 0) is 111 Å². The highest BCUT2D eigenvalue weighted by atomic mass is 127. The molecule has 1 N–H and O–H groups in total. The maximum Gasteiger partial charge on any atom is 0.335 e. The molecule has 12 heteroatoms. The summed E-state index contributed by atoms with van der Waals surface area (Å²) < 4.78 is 7.64. The van der Waals surface area contributed by atoms with E-state index in [1.165, 1.54) is 12.1 Å². The number of rotatable bonds is 8. The first-order valence-corrected chi connectivity index (χ1v) is 15.9. The topological polar surface area (TPSA) is 107 Å². The second-order valence-corrected chi connectivity index (χ2v) is 12.9. The standard InChI is InChI=1S/C30H25I2N3O6S/c31-23-14-20(15-24(32)27(23)41-18-19-6-8-21(9-7-19)29(38)39)16-25-28(37)35(30(40)42-25)17-26(36)34-12-10-33(11-13-34)22-4-2-1-3-5-22/h1-9,14-16H,10-13,17-18H2,(H,38,39)/b25-16+. The van der Waals surface area contributed by atoms with Crippen molar-refractivity contribution >= 4 is 91.7 Å². The summed E-state index contributed by atoms with van der Waals surface area (Å²) in [4.78, 5) is 55.0. The van der Waals surface area contributed by atoms with Crippen molar-refractivity contribution in [3.8, 4) is 5.75 Å². The molecule has 2 saturated heterocycles. The third-order valence-electron chi connectivity index (χ3n) is 6.82. The zero-order valence-corrected chi connectivity index (χ0v) is 27.3. The summed E-state index contributed by atoms with van der Waals surface area (Å²) in [6.45, 7) is 2.41. The lowest BCUT2D eigenvalue weighted by molar-refractivity contribution is -0.136. The van der Waals surface area contributed by atoms with E-state index in [-0.39, 0.29) is 29.5 Å². The Morgan fingerprint density at radius 2 is 1.57 bits per heavy atom. The molecule has 5 rings (SSSR count). The highest BCUT2D eigenvalue weighted by Crippen LogP contribution is 2.35. The molecule has 2 fully saturated rings. The van der Waals surface area contributed by atoms with Crippen molar-refractivity contribution in [2.75, 3.05) is 37.6 Å². The molecule has 0 saturated carbocycles. The van der Waals surface area contributed by atoms with Crippen molar-refractivity contribution in [1.29, 1.82) is 0 Å². The van der Waals surface area contributed by atoms with Gasteiger partial charge in [0.15, 0.2) is 0 Å². The molecule has 42 heavy (non-hydrogen) atoms. The Morgan fingerprint density at radius 1 is 0.929 bits per heavy atom. The minimum Gasteiger partial charge on any atom is -0.487 e. The number of carboxylic acids is 1. The van der Waals surface area contributed by atoms with Gasteiger partial charge in [-0.25, -0.2) is 4.79 Å². The number of aromatic carboxylic acids is 1. The lowest BCUT2D eigenvalue weighted by atomic mass is 10.1. The minimum absolute atomic E-state index is 0.211. The number of anilines is 1. The van der Waals surface area contributed by atoms with Crippen LogP contribution in [0.2, 0.25) is 0 Å². The zero-order valence-electron chi connectivity index (χ0n) is 22.2. The number of piperazine rings is 1. The van der Waals surface area contributed by atoms with Crippen molar-refractivity contribution < 1.29 is 29.0 Å². The van der Waals surface area contributed by atoms with Gasteiger partial charge in [-0.1, -0.05) is 30.3 Å². The second kappa shape index (κ2) is 13.5. The van der Waals surface area contributed by atoms with Crippen LogP contribution in [-0.4, -0.2) is 70.7 Å². The second-order valence-electron chi connectivity index (χ2n) is 9.58. The average molecular weight is 809 g/mol. The molecule has 216 valence electrons. The Kier molecular flexibility index (Phi) is 9.73. The lowest BCUT2D eigenvalue weighted by Crippen LogP contribution is -2.51. The van der Waals surface area contributed by atoms with Crippen molar-refractivity contribution in [3.05, 3.63) is 95.5 Å². The number of halogens is 2. The van der Waals surface area contributed by atoms with Crippen LogP contribution in [0.3, 0.4) is 0 Å². The van der Waals surface area contributed by atoms with E-state index in [0.717, 1.165) is 40.6 Å². The van der Waals surface area contributed by atoms with Crippen LogP contribution in [-0.2, 0) is 16.2 Å². The normalized spacial score (nSPS) is 16.3. The van der Waals surface area contributed by atoms with Crippen LogP contribution >= 0.6 is 56.9 Å². The summed E-state index contributed by atoms with van der Waals surface area (Å²) in [5.41, 5.74) is 2.88. The smallest absolute Gasteiger partial charge is 0.335 e. The number of benzene rings is 3. The maximum absolute atomic E-state index is 13.1. The van der Waals surface area contributed by atoms with Crippen molar-refractivity contribution in [3.63, 3.8) is 0 Å². The lowest BCUT2D eigenvalue weighted by Gasteiger charge is -2.36. The SMILES string of the molecule is O=C(O)c1ccc(COc2c(I)cc(/C=C3/SC(=O)N(CC(=O)N4CCN(c5ccccc5)CC4)C3=O)cc2I)cc1. The monoisotopic (exact) mass is 809 g/mol. The number of hydrogen-bond donors (Lipinski definition) is 1. The van der Waals surface area contributed by atoms with Crippen molar-refractivity contribution in [1.82, 2.24) is 9.80 Å². The molecule has 2 heterocycles. The molecular weight excluding hydrogens is 784 g/mol. The largest absolute Gasteiger partial charge is 0.487 e. The fraction of sp³-hybridized carbons (Fsp3) is 0.200. The number of nitrogens with zero attached hydrogens (tertiary/aromatic N) is 3. The number of hydrogen-bond acceptors (Lipinski definition) is 7. The van der Waals surface area contributed by atoms with Gasteiger partial charge >= 0.3 is 5.97 Å². The quantitative estimate of drug-likeness (QED) is 0.233. The molecule has 0 aliphatic carbocycles. The number of para-hydroxylation sites is 1. The molecule has 0 spiro atoms. The van der Waals surface area contributed by atoms with Crippen molar-refractivity contribution in [2.24, 2.45) is 0 Å². The van der Waals surface area contributed by atoms with Crippen LogP contribution < -0.4 is 9.64 Å². The van der Waals surface area contributed by atoms with E-state index in [9.17, 15) is 19.2 Å². The molecule has 9 nitrogen and oxygen atoms in total. The number of imide groups is 1. The van der Waals surface area contributed by atoms with Gasteiger partial charge < -0.3 is 19.6 Å². The Morgan fingerprint density at radius 3 is 2.19 bits per heavy atom. The number of carbonyl (C=O) groups is 4. The van der Waals surface area contributed by atoms with Gasteiger partial charge in [0.25, 0.3) is 11.1 Å². The van der Waals surface area contributed by atoms with E-state index in [1.54, 1.807) is 23.1 Å². The zero-order chi connectivity index (χ0) is 29.8. The summed E-state index contributed by atoms with van der Waals surface area (Å²) in [5.74, 6) is -1.03. The molecule has 0 atom stereocenters. The van der Waals surface area contributed by atoms with E-state index in [1.807, 2.05) is 42.5 Å². The summed E-state index contributed by atoms with van der Waals surface area (Å²) in [5, 5.41) is 8.61. The maximum atomic E-state index is 13.1. The molecule has 3 aromatic carbocycles. The molecule has 0 aromatic heterocycles. The van der Waals surface area contributed by atoms with Crippen molar-refractivity contribution in [2.45, 2.75) is 6.61 Å². The first-order valence-electron chi connectivity index (χ1n) is 13.0. The molecule has 0 radical (unpaired) electrons. The Balaban J connectivity index is 1.19. The Hall–Kier alpha value is -3.11. The minimum atomic E-state index is -0.982. The first-order chi connectivity index (χ1) is 20.2. The van der Waals surface area contributed by atoms with E-state index in [0.29, 0.717) is 31.9 Å². The third-order valence-corrected chi connectivity index (χ3v) is 9.33. The highest BCUT2D eigenvalue weighted by Gasteiger charge is 2.37. The Bertz CT molecular complexity index is 1530. The highest BCUT2D eigenvalue weighted by molar-refractivity contribution is 14.1. The molecule has 2 aliphatic rings. The van der Waals surface area contributed by atoms with Gasteiger partial charge in [0.05, 0.1) is 17.6 Å². The fourth-order valence-electron chi connectivity index (χ4n) is 4.58. The first kappa shape index (κ1) is 30.4. The van der Waals surface area contributed by atoms with Crippen LogP contribution in [0.1, 0.15) is 21.5 Å². The molecule has 3 amide bonds. The average Bonchev–Trinajstić information content (AvgIpc) is 3.24. The van der Waals surface area contributed by atoms with Crippen LogP contribution in [0.15, 0.2) is 71.6 Å². The van der Waals surface area contributed by atoms with Crippen LogP contribution in [0.5, 0.6) is 5.75 Å². The van der Waals surface area contributed by atoms with E-state index >= 15 is 0 Å². The third kappa shape index (κ3) is 7.09. The van der Waals surface area contributed by atoms with Gasteiger partial charge in [0.1, 0.15) is 18.9 Å². The summed E-state index contributed by atoms with van der Waals surface area (Å²) in [6.07, 6.45) is 1.66. The summed E-state index contributed by atoms with van der Waals surface area (Å²) in [7, 11) is 0. The fourth-order valence-corrected chi connectivity index (χ4v) is 7.54. The van der Waals surface area contributed by atoms with Gasteiger partial charge in [-0.2, -0.15) is 0 Å². The van der Waals surface area contributed by atoms with E-state index in [2.05, 4.69) is 50.1 Å². The van der Waals surface area contributed by atoms with E-state index < -0.39 is 17.1 Å². The molecular formula is C30H25I2N3O6S. The van der Waals surface area contributed by atoms with Crippen LogP contribution in [0.4, 0.5) is 10.5 Å². The Labute approximate surface area is 274 Å². The van der Waals surface area contributed by atoms with Crippen LogP contribution in [0, 0.1) is 7.14 Å². The number of carbonyl (C=O) groups excluding carboxylic acids is 3. The van der Waals surface area contributed by atoms with Gasteiger partial charge in [-0.15, -0.1) is 0 Å². The van der Waals surface area contributed by atoms with E-state index in [4.69, 9.17) is 9.84 Å². The number of ether oxygens (including phenoxy) is 1. The predicted molar refractivity (Wildman–Crippen MR) is 178 cm³/mol. The van der Waals surface area contributed by atoms with Gasteiger partial charge in [0.2, 0.25) is 5.91 Å². The van der Waals surface area contributed by atoms with Crippen LogP contribution in [0.25, 0.3) is 6.08 Å². The number of amides is 3. The predicted octanol–water partition coefficient (Wildman–Crippen LogP) is 5.56. The summed E-state index contributed by atoms with van der Waals surface area (Å²) in [6, 6.07) is 20.2. The number of carboxylic acid groups (broad SMARTS) is 1. The molecule has 2 aliphatic heterocycles. The summed E-state index contributed by atoms with van der Waals surface area (Å²) >= 11 is 5.14. The molecule has 0 unspecified atom stereocenters.